The maximum atomic E-state index is 11.5. The first-order valence-electron chi connectivity index (χ1n) is 5.25. The SMILES string of the molecule is COCCCC(=O)Nc1cccc(CO)c1. The minimum absolute atomic E-state index is 0.0205. The van der Waals surface area contributed by atoms with Crippen molar-refractivity contribution in [3.05, 3.63) is 29.8 Å². The molecule has 0 atom stereocenters. The van der Waals surface area contributed by atoms with Gasteiger partial charge in [-0.1, -0.05) is 12.1 Å². The predicted octanol–water partition coefficient (Wildman–Crippen LogP) is 1.54. The molecule has 0 aliphatic carbocycles. The van der Waals surface area contributed by atoms with Crippen LogP contribution >= 0.6 is 0 Å². The third-order valence-corrected chi connectivity index (χ3v) is 2.15. The average molecular weight is 223 g/mol. The molecule has 88 valence electrons. The van der Waals surface area contributed by atoms with E-state index in [1.165, 1.54) is 0 Å². The predicted molar refractivity (Wildman–Crippen MR) is 62.1 cm³/mol. The van der Waals surface area contributed by atoms with Gasteiger partial charge in [0, 0.05) is 25.8 Å². The van der Waals surface area contributed by atoms with Gasteiger partial charge in [0.15, 0.2) is 0 Å². The van der Waals surface area contributed by atoms with Gasteiger partial charge in [0.25, 0.3) is 0 Å². The van der Waals surface area contributed by atoms with Crippen molar-refractivity contribution in [1.82, 2.24) is 0 Å². The number of benzene rings is 1. The first kappa shape index (κ1) is 12.7. The number of anilines is 1. The van der Waals surface area contributed by atoms with E-state index < -0.39 is 0 Å². The van der Waals surface area contributed by atoms with E-state index in [2.05, 4.69) is 5.32 Å². The second kappa shape index (κ2) is 6.98. The fourth-order valence-corrected chi connectivity index (χ4v) is 1.35. The molecule has 0 fully saturated rings. The lowest BCUT2D eigenvalue weighted by molar-refractivity contribution is -0.116. The van der Waals surface area contributed by atoms with Gasteiger partial charge in [0.1, 0.15) is 0 Å². The van der Waals surface area contributed by atoms with Crippen LogP contribution in [0.5, 0.6) is 0 Å². The van der Waals surface area contributed by atoms with Gasteiger partial charge in [-0.2, -0.15) is 0 Å². The summed E-state index contributed by atoms with van der Waals surface area (Å²) in [4.78, 5) is 11.5. The van der Waals surface area contributed by atoms with Gasteiger partial charge < -0.3 is 15.2 Å². The van der Waals surface area contributed by atoms with Crippen molar-refractivity contribution in [1.29, 1.82) is 0 Å². The Morgan fingerprint density at radius 3 is 3.00 bits per heavy atom. The Labute approximate surface area is 95.2 Å². The van der Waals surface area contributed by atoms with Crippen molar-refractivity contribution < 1.29 is 14.6 Å². The first-order valence-corrected chi connectivity index (χ1v) is 5.25. The summed E-state index contributed by atoms with van der Waals surface area (Å²) in [6.07, 6.45) is 1.15. The number of carbonyl (C=O) groups excluding carboxylic acids is 1. The lowest BCUT2D eigenvalue weighted by Gasteiger charge is -2.06. The summed E-state index contributed by atoms with van der Waals surface area (Å²) in [5, 5.41) is 11.7. The molecule has 0 radical (unpaired) electrons. The Morgan fingerprint density at radius 2 is 2.31 bits per heavy atom. The highest BCUT2D eigenvalue weighted by Gasteiger charge is 2.02. The monoisotopic (exact) mass is 223 g/mol. The Kier molecular flexibility index (Phi) is 5.53. The summed E-state index contributed by atoms with van der Waals surface area (Å²) in [7, 11) is 1.61. The number of hydrogen-bond donors (Lipinski definition) is 2. The van der Waals surface area contributed by atoms with Gasteiger partial charge in [0.2, 0.25) is 5.91 Å². The zero-order valence-corrected chi connectivity index (χ0v) is 9.40. The van der Waals surface area contributed by atoms with Gasteiger partial charge in [-0.15, -0.1) is 0 Å². The van der Waals surface area contributed by atoms with E-state index in [-0.39, 0.29) is 12.5 Å². The number of nitrogens with one attached hydrogen (secondary N) is 1. The molecule has 0 aliphatic heterocycles. The number of hydrogen-bond acceptors (Lipinski definition) is 3. The molecular formula is C12H17NO3. The quantitative estimate of drug-likeness (QED) is 0.719. The van der Waals surface area contributed by atoms with Crippen LogP contribution in [0.4, 0.5) is 5.69 Å². The zero-order valence-electron chi connectivity index (χ0n) is 9.40. The molecule has 4 heteroatoms. The molecule has 0 bridgehead atoms. The molecule has 2 N–H and O–H groups in total. The summed E-state index contributed by atoms with van der Waals surface area (Å²) >= 11 is 0. The van der Waals surface area contributed by atoms with E-state index in [0.29, 0.717) is 25.1 Å². The molecule has 1 aromatic rings. The molecule has 0 spiro atoms. The van der Waals surface area contributed by atoms with E-state index in [0.717, 1.165) is 5.56 Å². The minimum Gasteiger partial charge on any atom is -0.392 e. The van der Waals surface area contributed by atoms with E-state index >= 15 is 0 Å². The smallest absolute Gasteiger partial charge is 0.224 e. The highest BCUT2D eigenvalue weighted by atomic mass is 16.5. The van der Waals surface area contributed by atoms with Gasteiger partial charge in [0.05, 0.1) is 6.61 Å². The summed E-state index contributed by atoms with van der Waals surface area (Å²) in [6.45, 7) is 0.567. The van der Waals surface area contributed by atoms with Gasteiger partial charge >= 0.3 is 0 Å². The van der Waals surface area contributed by atoms with Crippen molar-refractivity contribution >= 4 is 11.6 Å². The van der Waals surface area contributed by atoms with Crippen LogP contribution in [-0.4, -0.2) is 24.7 Å². The summed E-state index contributed by atoms with van der Waals surface area (Å²) in [6, 6.07) is 7.17. The normalized spacial score (nSPS) is 10.1. The molecule has 1 aromatic carbocycles. The Bertz CT molecular complexity index is 339. The number of ether oxygens (including phenoxy) is 1. The molecule has 0 aliphatic rings. The number of aliphatic hydroxyl groups is 1. The Morgan fingerprint density at radius 1 is 1.50 bits per heavy atom. The van der Waals surface area contributed by atoms with E-state index in [9.17, 15) is 4.79 Å². The van der Waals surface area contributed by atoms with Crippen LogP contribution in [0.3, 0.4) is 0 Å². The molecule has 0 aromatic heterocycles. The van der Waals surface area contributed by atoms with Crippen molar-refractivity contribution in [3.63, 3.8) is 0 Å². The van der Waals surface area contributed by atoms with Crippen molar-refractivity contribution in [2.24, 2.45) is 0 Å². The van der Waals surface area contributed by atoms with Crippen molar-refractivity contribution in [2.75, 3.05) is 19.0 Å². The first-order chi connectivity index (χ1) is 7.76. The standard InChI is InChI=1S/C12H17NO3/c1-16-7-3-6-12(15)13-11-5-2-4-10(8-11)9-14/h2,4-5,8,14H,3,6-7,9H2,1H3,(H,13,15). The van der Waals surface area contributed by atoms with Crippen LogP contribution in [0.25, 0.3) is 0 Å². The third kappa shape index (κ3) is 4.42. The van der Waals surface area contributed by atoms with Crippen LogP contribution in [-0.2, 0) is 16.1 Å². The van der Waals surface area contributed by atoms with Crippen molar-refractivity contribution in [3.8, 4) is 0 Å². The van der Waals surface area contributed by atoms with Crippen LogP contribution in [0.1, 0.15) is 18.4 Å². The maximum absolute atomic E-state index is 11.5. The summed E-state index contributed by atoms with van der Waals surface area (Å²) in [5.41, 5.74) is 1.50. The molecule has 16 heavy (non-hydrogen) atoms. The zero-order chi connectivity index (χ0) is 11.8. The summed E-state index contributed by atoms with van der Waals surface area (Å²) in [5.74, 6) is -0.0351. The molecule has 0 heterocycles. The number of rotatable bonds is 6. The molecule has 4 nitrogen and oxygen atoms in total. The fourth-order valence-electron chi connectivity index (χ4n) is 1.35. The Balaban J connectivity index is 2.43. The average Bonchev–Trinajstić information content (AvgIpc) is 2.29. The molecule has 1 rings (SSSR count). The largest absolute Gasteiger partial charge is 0.392 e. The van der Waals surface area contributed by atoms with Crippen LogP contribution in [0.2, 0.25) is 0 Å². The maximum Gasteiger partial charge on any atom is 0.224 e. The van der Waals surface area contributed by atoms with Crippen LogP contribution in [0, 0.1) is 0 Å². The van der Waals surface area contributed by atoms with Gasteiger partial charge in [-0.05, 0) is 24.1 Å². The second-order valence-electron chi connectivity index (χ2n) is 3.50. The van der Waals surface area contributed by atoms with Crippen LogP contribution < -0.4 is 5.32 Å². The van der Waals surface area contributed by atoms with E-state index in [1.54, 1.807) is 31.4 Å². The number of amides is 1. The summed E-state index contributed by atoms with van der Waals surface area (Å²) < 4.78 is 4.87. The number of methoxy groups -OCH3 is 1. The van der Waals surface area contributed by atoms with E-state index in [1.807, 2.05) is 0 Å². The molecule has 1 amide bonds. The van der Waals surface area contributed by atoms with Gasteiger partial charge in [-0.25, -0.2) is 0 Å². The number of carbonyl (C=O) groups is 1. The lowest BCUT2D eigenvalue weighted by atomic mass is 10.2. The van der Waals surface area contributed by atoms with Crippen molar-refractivity contribution in [2.45, 2.75) is 19.4 Å². The minimum atomic E-state index is -0.0351. The van der Waals surface area contributed by atoms with E-state index in [4.69, 9.17) is 9.84 Å². The van der Waals surface area contributed by atoms with Gasteiger partial charge in [-0.3, -0.25) is 4.79 Å². The second-order valence-corrected chi connectivity index (χ2v) is 3.50. The Hall–Kier alpha value is -1.39. The number of aliphatic hydroxyl groups excluding tert-OH is 1. The fraction of sp³-hybridized carbons (Fsp3) is 0.417. The molecule has 0 saturated heterocycles. The third-order valence-electron chi connectivity index (χ3n) is 2.15. The highest BCUT2D eigenvalue weighted by Crippen LogP contribution is 2.11. The molecular weight excluding hydrogens is 206 g/mol. The lowest BCUT2D eigenvalue weighted by Crippen LogP contribution is -2.12. The topological polar surface area (TPSA) is 58.6 Å². The molecule has 0 saturated carbocycles. The molecule has 0 unspecified atom stereocenters. The van der Waals surface area contributed by atoms with Crippen LogP contribution in [0.15, 0.2) is 24.3 Å². The highest BCUT2D eigenvalue weighted by molar-refractivity contribution is 5.90.